The highest BCUT2D eigenvalue weighted by molar-refractivity contribution is 5.83. The van der Waals surface area contributed by atoms with Gasteiger partial charge in [0, 0.05) is 18.7 Å². The highest BCUT2D eigenvalue weighted by atomic mass is 16.6. The lowest BCUT2D eigenvalue weighted by atomic mass is 10.1. The Balaban J connectivity index is 1.95. The number of carbonyl (C=O) groups is 3. The first-order valence-corrected chi connectivity index (χ1v) is 10.9. The van der Waals surface area contributed by atoms with E-state index in [9.17, 15) is 24.5 Å². The molecule has 0 spiro atoms. The van der Waals surface area contributed by atoms with Gasteiger partial charge < -0.3 is 24.8 Å². The fraction of sp³-hybridized carbons (Fsp3) is 0.375. The zero-order valence-electron chi connectivity index (χ0n) is 19.8. The Bertz CT molecular complexity index is 1000. The number of nitro groups is 1. The summed E-state index contributed by atoms with van der Waals surface area (Å²) in [7, 11) is 0. The number of amides is 2. The van der Waals surface area contributed by atoms with Crippen LogP contribution in [0.4, 0.5) is 15.3 Å². The maximum atomic E-state index is 12.7. The van der Waals surface area contributed by atoms with Gasteiger partial charge in [-0.25, -0.2) is 14.4 Å². The van der Waals surface area contributed by atoms with Gasteiger partial charge >= 0.3 is 18.2 Å². The van der Waals surface area contributed by atoms with Gasteiger partial charge in [-0.1, -0.05) is 30.3 Å². The molecular weight excluding hydrogens is 458 g/mol. The molecule has 11 heteroatoms. The topological polar surface area (TPSA) is 146 Å². The number of nitrogens with one attached hydrogen (secondary N) is 2. The molecule has 0 aliphatic rings. The third-order valence-electron chi connectivity index (χ3n) is 4.39. The normalized spacial score (nSPS) is 11.6. The minimum absolute atomic E-state index is 0.0109. The van der Waals surface area contributed by atoms with E-state index in [4.69, 9.17) is 14.2 Å². The van der Waals surface area contributed by atoms with Crippen molar-refractivity contribution >= 4 is 23.8 Å². The van der Waals surface area contributed by atoms with Gasteiger partial charge in [-0.3, -0.25) is 10.1 Å². The van der Waals surface area contributed by atoms with Gasteiger partial charge in [0.15, 0.2) is 0 Å². The summed E-state index contributed by atoms with van der Waals surface area (Å²) >= 11 is 0. The molecule has 188 valence electrons. The first-order valence-electron chi connectivity index (χ1n) is 10.9. The molecule has 0 aromatic heterocycles. The van der Waals surface area contributed by atoms with Gasteiger partial charge in [-0.2, -0.15) is 0 Å². The highest BCUT2D eigenvalue weighted by Gasteiger charge is 2.24. The van der Waals surface area contributed by atoms with E-state index in [0.29, 0.717) is 6.42 Å². The van der Waals surface area contributed by atoms with Gasteiger partial charge in [-0.15, -0.1) is 0 Å². The van der Waals surface area contributed by atoms with Crippen LogP contribution in [0, 0.1) is 10.1 Å². The summed E-state index contributed by atoms with van der Waals surface area (Å²) in [5, 5.41) is 15.9. The summed E-state index contributed by atoms with van der Waals surface area (Å²) in [6.45, 7) is 5.42. The van der Waals surface area contributed by atoms with E-state index >= 15 is 0 Å². The van der Waals surface area contributed by atoms with Gasteiger partial charge in [0.1, 0.15) is 24.0 Å². The van der Waals surface area contributed by atoms with E-state index < -0.39 is 34.7 Å². The van der Waals surface area contributed by atoms with E-state index in [-0.39, 0.29) is 31.0 Å². The summed E-state index contributed by atoms with van der Waals surface area (Å²) < 4.78 is 15.6. The fourth-order valence-corrected chi connectivity index (χ4v) is 2.79. The summed E-state index contributed by atoms with van der Waals surface area (Å²) in [6.07, 6.45) is -0.974. The predicted octanol–water partition coefficient (Wildman–Crippen LogP) is 4.10. The number of hydrogen-bond donors (Lipinski definition) is 2. The monoisotopic (exact) mass is 487 g/mol. The van der Waals surface area contributed by atoms with Crippen LogP contribution in [0.15, 0.2) is 54.6 Å². The zero-order chi connectivity index (χ0) is 25.8. The largest absolute Gasteiger partial charge is 0.445 e. The van der Waals surface area contributed by atoms with Crippen molar-refractivity contribution in [3.8, 4) is 5.75 Å². The molecule has 2 N–H and O–H groups in total. The highest BCUT2D eigenvalue weighted by Crippen LogP contribution is 2.18. The third-order valence-corrected chi connectivity index (χ3v) is 4.39. The van der Waals surface area contributed by atoms with Crippen LogP contribution in [-0.2, 0) is 20.9 Å². The van der Waals surface area contributed by atoms with Gasteiger partial charge in [0.25, 0.3) is 5.69 Å². The number of nitro benzene ring substituents is 1. The van der Waals surface area contributed by atoms with Crippen molar-refractivity contribution in [2.45, 2.75) is 51.9 Å². The first-order chi connectivity index (χ1) is 16.5. The summed E-state index contributed by atoms with van der Waals surface area (Å²) in [4.78, 5) is 47.0. The van der Waals surface area contributed by atoms with Crippen molar-refractivity contribution in [2.75, 3.05) is 6.54 Å². The molecule has 35 heavy (non-hydrogen) atoms. The third kappa shape index (κ3) is 10.5. The van der Waals surface area contributed by atoms with Crippen LogP contribution in [-0.4, -0.2) is 41.3 Å². The SMILES string of the molecule is CC(C)(C)OC(=O)NCCC[C@H](NC(=O)OCc1ccccc1)C(=O)Oc1ccc([N+](=O)[O-])cc1. The number of benzene rings is 2. The fourth-order valence-electron chi connectivity index (χ4n) is 2.79. The van der Waals surface area contributed by atoms with E-state index in [1.54, 1.807) is 45.0 Å². The Kier molecular flexibility index (Phi) is 10.0. The zero-order valence-corrected chi connectivity index (χ0v) is 19.8. The molecule has 11 nitrogen and oxygen atoms in total. The molecule has 0 fully saturated rings. The molecule has 2 aromatic rings. The van der Waals surface area contributed by atoms with Crippen LogP contribution in [0.5, 0.6) is 5.75 Å². The number of alkyl carbamates (subject to hydrolysis) is 2. The summed E-state index contributed by atoms with van der Waals surface area (Å²) in [6, 6.07) is 12.9. The van der Waals surface area contributed by atoms with E-state index in [1.165, 1.54) is 24.3 Å². The van der Waals surface area contributed by atoms with Crippen molar-refractivity contribution in [1.29, 1.82) is 0 Å². The lowest BCUT2D eigenvalue weighted by Gasteiger charge is -2.20. The molecule has 2 rings (SSSR count). The van der Waals surface area contributed by atoms with Gasteiger partial charge in [0.05, 0.1) is 4.92 Å². The molecule has 0 aliphatic carbocycles. The number of ether oxygens (including phenoxy) is 3. The Morgan fingerprint density at radius 1 is 1.00 bits per heavy atom. The predicted molar refractivity (Wildman–Crippen MR) is 126 cm³/mol. The minimum atomic E-state index is -1.09. The van der Waals surface area contributed by atoms with Crippen LogP contribution in [0.1, 0.15) is 39.2 Å². The summed E-state index contributed by atoms with van der Waals surface area (Å²) in [5.74, 6) is -0.704. The molecule has 2 aromatic carbocycles. The minimum Gasteiger partial charge on any atom is -0.445 e. The second-order valence-electron chi connectivity index (χ2n) is 8.50. The van der Waals surface area contributed by atoms with Gasteiger partial charge in [-0.05, 0) is 51.3 Å². The smallest absolute Gasteiger partial charge is 0.408 e. The first kappa shape index (κ1) is 27.1. The number of carbonyl (C=O) groups excluding carboxylic acids is 3. The Morgan fingerprint density at radius 3 is 2.26 bits per heavy atom. The lowest BCUT2D eigenvalue weighted by molar-refractivity contribution is -0.384. The van der Waals surface area contributed by atoms with Crippen molar-refractivity contribution in [3.63, 3.8) is 0 Å². The average Bonchev–Trinajstić information content (AvgIpc) is 2.79. The van der Waals surface area contributed by atoms with Gasteiger partial charge in [0.2, 0.25) is 0 Å². The number of rotatable bonds is 10. The summed E-state index contributed by atoms with van der Waals surface area (Å²) in [5.41, 5.74) is -0.0305. The van der Waals surface area contributed by atoms with Crippen molar-refractivity contribution in [1.82, 2.24) is 10.6 Å². The van der Waals surface area contributed by atoms with E-state index in [2.05, 4.69) is 10.6 Å². The molecule has 0 radical (unpaired) electrons. The lowest BCUT2D eigenvalue weighted by Crippen LogP contribution is -2.43. The molecule has 2 amide bonds. The van der Waals surface area contributed by atoms with Crippen LogP contribution in [0.3, 0.4) is 0 Å². The molecular formula is C24H29N3O8. The molecule has 0 saturated carbocycles. The molecule has 0 aliphatic heterocycles. The number of esters is 1. The average molecular weight is 488 g/mol. The Morgan fingerprint density at radius 2 is 1.66 bits per heavy atom. The standard InChI is InChI=1S/C24H29N3O8/c1-24(2,3)35-22(29)25-15-7-10-20(26-23(30)33-16-17-8-5-4-6-9-17)21(28)34-19-13-11-18(12-14-19)27(31)32/h4-6,8-9,11-14,20H,7,10,15-16H2,1-3H3,(H,25,29)(H,26,30)/t20-/m0/s1. The Hall–Kier alpha value is -4.15. The maximum Gasteiger partial charge on any atom is 0.408 e. The van der Waals surface area contributed by atoms with E-state index in [1.807, 2.05) is 6.07 Å². The number of nitrogens with zero attached hydrogens (tertiary/aromatic N) is 1. The molecule has 1 atom stereocenters. The van der Waals surface area contributed by atoms with Crippen LogP contribution in [0.25, 0.3) is 0 Å². The number of non-ortho nitro benzene ring substituents is 1. The van der Waals surface area contributed by atoms with Crippen molar-refractivity contribution in [3.05, 3.63) is 70.3 Å². The van der Waals surface area contributed by atoms with Crippen LogP contribution < -0.4 is 15.4 Å². The molecule has 0 saturated heterocycles. The van der Waals surface area contributed by atoms with Crippen molar-refractivity contribution in [2.24, 2.45) is 0 Å². The number of hydrogen-bond acceptors (Lipinski definition) is 8. The Labute approximate surface area is 202 Å². The quantitative estimate of drug-likeness (QED) is 0.167. The van der Waals surface area contributed by atoms with Crippen LogP contribution >= 0.6 is 0 Å². The van der Waals surface area contributed by atoms with E-state index in [0.717, 1.165) is 5.56 Å². The molecule has 0 bridgehead atoms. The molecule has 0 heterocycles. The second-order valence-corrected chi connectivity index (χ2v) is 8.50. The van der Waals surface area contributed by atoms with Crippen LogP contribution in [0.2, 0.25) is 0 Å². The maximum absolute atomic E-state index is 12.7. The second kappa shape index (κ2) is 12.9. The molecule has 0 unspecified atom stereocenters. The van der Waals surface area contributed by atoms with Crippen molar-refractivity contribution < 1.29 is 33.5 Å².